The molecule has 2 rings (SSSR count). The molecule has 0 aromatic heterocycles. The Morgan fingerprint density at radius 3 is 2.83 bits per heavy atom. The summed E-state index contributed by atoms with van der Waals surface area (Å²) in [5, 5.41) is 3.22. The zero-order chi connectivity index (χ0) is 13.0. The summed E-state index contributed by atoms with van der Waals surface area (Å²) in [4.78, 5) is 13.8. The summed E-state index contributed by atoms with van der Waals surface area (Å²) in [6.07, 6.45) is 0. The van der Waals surface area contributed by atoms with Gasteiger partial charge in [0.2, 0.25) is 0 Å². The highest BCUT2D eigenvalue weighted by atomic mass is 79.9. The number of rotatable bonds is 3. The molecule has 1 aromatic carbocycles. The Labute approximate surface area is 115 Å². The SMILES string of the molecule is Cc1cc(Br)ccc1OCC(=O)N1CCNCC1. The van der Waals surface area contributed by atoms with Crippen molar-refractivity contribution in [3.63, 3.8) is 0 Å². The molecule has 1 amide bonds. The standard InChI is InChI=1S/C13H17BrN2O2/c1-10-8-11(14)2-3-12(10)18-9-13(17)16-6-4-15-5-7-16/h2-3,8,15H,4-7,9H2,1H3. The Morgan fingerprint density at radius 2 is 2.17 bits per heavy atom. The van der Waals surface area contributed by atoms with E-state index in [-0.39, 0.29) is 12.5 Å². The topological polar surface area (TPSA) is 41.6 Å². The van der Waals surface area contributed by atoms with Crippen LogP contribution in [0.1, 0.15) is 5.56 Å². The second-order valence-corrected chi connectivity index (χ2v) is 5.24. The molecule has 0 aliphatic carbocycles. The van der Waals surface area contributed by atoms with Gasteiger partial charge < -0.3 is 15.0 Å². The zero-order valence-electron chi connectivity index (χ0n) is 10.4. The lowest BCUT2D eigenvalue weighted by Gasteiger charge is -2.27. The molecule has 1 N–H and O–H groups in total. The van der Waals surface area contributed by atoms with Gasteiger partial charge in [-0.1, -0.05) is 15.9 Å². The quantitative estimate of drug-likeness (QED) is 0.921. The number of ether oxygens (including phenoxy) is 1. The van der Waals surface area contributed by atoms with Gasteiger partial charge in [-0.2, -0.15) is 0 Å². The molecular weight excluding hydrogens is 296 g/mol. The first kappa shape index (κ1) is 13.4. The molecule has 0 spiro atoms. The Bertz CT molecular complexity index is 431. The molecule has 1 aliphatic rings. The van der Waals surface area contributed by atoms with Gasteiger partial charge in [0, 0.05) is 30.7 Å². The minimum Gasteiger partial charge on any atom is -0.483 e. The highest BCUT2D eigenvalue weighted by Crippen LogP contribution is 2.22. The van der Waals surface area contributed by atoms with Crippen LogP contribution in [0.5, 0.6) is 5.75 Å². The van der Waals surface area contributed by atoms with Gasteiger partial charge in [0.05, 0.1) is 0 Å². The fourth-order valence-corrected chi connectivity index (χ4v) is 2.40. The summed E-state index contributed by atoms with van der Waals surface area (Å²) < 4.78 is 6.59. The number of carbonyl (C=O) groups excluding carboxylic acids is 1. The number of nitrogens with zero attached hydrogens (tertiary/aromatic N) is 1. The van der Waals surface area contributed by atoms with Crippen LogP contribution in [0.3, 0.4) is 0 Å². The van der Waals surface area contributed by atoms with Gasteiger partial charge in [0.1, 0.15) is 5.75 Å². The summed E-state index contributed by atoms with van der Waals surface area (Å²) >= 11 is 3.40. The average molecular weight is 313 g/mol. The van der Waals surface area contributed by atoms with Gasteiger partial charge in [-0.25, -0.2) is 0 Å². The molecular formula is C13H17BrN2O2. The van der Waals surface area contributed by atoms with E-state index in [1.807, 2.05) is 30.0 Å². The van der Waals surface area contributed by atoms with Crippen LogP contribution >= 0.6 is 15.9 Å². The number of aryl methyl sites for hydroxylation is 1. The monoisotopic (exact) mass is 312 g/mol. The van der Waals surface area contributed by atoms with E-state index in [2.05, 4.69) is 21.2 Å². The summed E-state index contributed by atoms with van der Waals surface area (Å²) in [5.41, 5.74) is 1.03. The van der Waals surface area contributed by atoms with Crippen molar-refractivity contribution < 1.29 is 9.53 Å². The number of hydrogen-bond donors (Lipinski definition) is 1. The van der Waals surface area contributed by atoms with Crippen molar-refractivity contribution in [1.82, 2.24) is 10.2 Å². The molecule has 0 radical (unpaired) electrons. The predicted molar refractivity (Wildman–Crippen MR) is 73.8 cm³/mol. The Kier molecular flexibility index (Phi) is 4.60. The molecule has 98 valence electrons. The molecule has 1 aliphatic heterocycles. The van der Waals surface area contributed by atoms with Gasteiger partial charge in [-0.05, 0) is 30.7 Å². The zero-order valence-corrected chi connectivity index (χ0v) is 12.0. The molecule has 0 atom stereocenters. The number of carbonyl (C=O) groups is 1. The number of halogens is 1. The fourth-order valence-electron chi connectivity index (χ4n) is 1.92. The van der Waals surface area contributed by atoms with Gasteiger partial charge in [-0.15, -0.1) is 0 Å². The predicted octanol–water partition coefficient (Wildman–Crippen LogP) is 1.57. The van der Waals surface area contributed by atoms with Gasteiger partial charge >= 0.3 is 0 Å². The lowest BCUT2D eigenvalue weighted by atomic mass is 10.2. The third-order valence-electron chi connectivity index (χ3n) is 2.96. The molecule has 0 saturated carbocycles. The van der Waals surface area contributed by atoms with E-state index < -0.39 is 0 Å². The Hall–Kier alpha value is -1.07. The van der Waals surface area contributed by atoms with E-state index in [1.165, 1.54) is 0 Å². The molecule has 5 heteroatoms. The molecule has 0 unspecified atom stereocenters. The van der Waals surface area contributed by atoms with Crippen molar-refractivity contribution in [3.05, 3.63) is 28.2 Å². The second-order valence-electron chi connectivity index (χ2n) is 4.33. The van der Waals surface area contributed by atoms with Crippen LogP contribution < -0.4 is 10.1 Å². The first-order chi connectivity index (χ1) is 8.66. The molecule has 1 fully saturated rings. The van der Waals surface area contributed by atoms with Crippen molar-refractivity contribution in [1.29, 1.82) is 0 Å². The first-order valence-electron chi connectivity index (χ1n) is 6.04. The number of nitrogens with one attached hydrogen (secondary N) is 1. The third kappa shape index (κ3) is 3.46. The van der Waals surface area contributed by atoms with E-state index in [9.17, 15) is 4.79 Å². The van der Waals surface area contributed by atoms with Crippen molar-refractivity contribution in [2.24, 2.45) is 0 Å². The van der Waals surface area contributed by atoms with E-state index in [0.717, 1.165) is 42.0 Å². The van der Waals surface area contributed by atoms with E-state index >= 15 is 0 Å². The third-order valence-corrected chi connectivity index (χ3v) is 3.45. The number of amides is 1. The number of piperazine rings is 1. The molecule has 1 aromatic rings. The molecule has 1 saturated heterocycles. The lowest BCUT2D eigenvalue weighted by molar-refractivity contribution is -0.133. The maximum absolute atomic E-state index is 11.9. The highest BCUT2D eigenvalue weighted by Gasteiger charge is 2.16. The van der Waals surface area contributed by atoms with Crippen LogP contribution in [0, 0.1) is 6.92 Å². The maximum atomic E-state index is 11.9. The minimum absolute atomic E-state index is 0.0545. The van der Waals surface area contributed by atoms with Gasteiger partial charge in [-0.3, -0.25) is 4.79 Å². The molecule has 4 nitrogen and oxygen atoms in total. The minimum atomic E-state index is 0.0545. The maximum Gasteiger partial charge on any atom is 0.260 e. The summed E-state index contributed by atoms with van der Waals surface area (Å²) in [7, 11) is 0. The van der Waals surface area contributed by atoms with Crippen molar-refractivity contribution in [2.45, 2.75) is 6.92 Å². The van der Waals surface area contributed by atoms with Crippen LogP contribution in [-0.2, 0) is 4.79 Å². The smallest absolute Gasteiger partial charge is 0.260 e. The van der Waals surface area contributed by atoms with Crippen molar-refractivity contribution in [2.75, 3.05) is 32.8 Å². The van der Waals surface area contributed by atoms with Gasteiger partial charge in [0.15, 0.2) is 6.61 Å². The van der Waals surface area contributed by atoms with Crippen LogP contribution in [-0.4, -0.2) is 43.6 Å². The van der Waals surface area contributed by atoms with E-state index in [0.29, 0.717) is 0 Å². The summed E-state index contributed by atoms with van der Waals surface area (Å²) in [6.45, 7) is 5.34. The van der Waals surface area contributed by atoms with Crippen LogP contribution in [0.25, 0.3) is 0 Å². The van der Waals surface area contributed by atoms with Gasteiger partial charge in [0.25, 0.3) is 5.91 Å². The molecule has 0 bridgehead atoms. The summed E-state index contributed by atoms with van der Waals surface area (Å²) in [5.74, 6) is 0.820. The van der Waals surface area contributed by atoms with Crippen molar-refractivity contribution >= 4 is 21.8 Å². The van der Waals surface area contributed by atoms with E-state index in [1.54, 1.807) is 0 Å². The van der Waals surface area contributed by atoms with Crippen LogP contribution in [0.4, 0.5) is 0 Å². The molecule has 1 heterocycles. The fraction of sp³-hybridized carbons (Fsp3) is 0.462. The average Bonchev–Trinajstić information content (AvgIpc) is 2.38. The number of hydrogen-bond acceptors (Lipinski definition) is 3. The number of benzene rings is 1. The highest BCUT2D eigenvalue weighted by molar-refractivity contribution is 9.10. The normalized spacial score (nSPS) is 15.6. The Morgan fingerprint density at radius 1 is 1.44 bits per heavy atom. The lowest BCUT2D eigenvalue weighted by Crippen LogP contribution is -2.47. The van der Waals surface area contributed by atoms with Crippen LogP contribution in [0.2, 0.25) is 0 Å². The summed E-state index contributed by atoms with van der Waals surface area (Å²) in [6, 6.07) is 5.77. The largest absolute Gasteiger partial charge is 0.483 e. The second kappa shape index (κ2) is 6.20. The van der Waals surface area contributed by atoms with Crippen molar-refractivity contribution in [3.8, 4) is 5.75 Å². The Balaban J connectivity index is 1.88. The van der Waals surface area contributed by atoms with Crippen LogP contribution in [0.15, 0.2) is 22.7 Å². The van der Waals surface area contributed by atoms with E-state index in [4.69, 9.17) is 4.74 Å². The first-order valence-corrected chi connectivity index (χ1v) is 6.83. The molecule has 18 heavy (non-hydrogen) atoms.